The molecule has 96 valence electrons. The molecule has 6 heteroatoms. The number of hydrogen-bond donors (Lipinski definition) is 2. The molecule has 0 amide bonds. The number of rotatable bonds is 8. The minimum absolute atomic E-state index is 0.153. The van der Waals surface area contributed by atoms with Gasteiger partial charge in [-0.15, -0.1) is 0 Å². The number of hydrogen-bond acceptors (Lipinski definition) is 4. The molecule has 0 saturated carbocycles. The summed E-state index contributed by atoms with van der Waals surface area (Å²) in [6.45, 7) is 2.37. The number of carbonyl (C=O) groups excluding carboxylic acids is 2. The average molecular weight is 244 g/mol. The molecule has 2 N–H and O–H groups in total. The van der Waals surface area contributed by atoms with Crippen molar-refractivity contribution in [3.63, 3.8) is 0 Å². The number of aliphatic carboxylic acids is 2. The molecule has 0 aliphatic carbocycles. The van der Waals surface area contributed by atoms with E-state index in [0.717, 1.165) is 0 Å². The number of Topliss-reactive ketones (excluding diaryl/α,β-unsaturated/α-hetero) is 2. The lowest BCUT2D eigenvalue weighted by atomic mass is 9.73. The fraction of sp³-hybridized carbons (Fsp3) is 0.636. The van der Waals surface area contributed by atoms with Crippen molar-refractivity contribution in [2.24, 2.45) is 5.41 Å². The zero-order valence-corrected chi connectivity index (χ0v) is 9.86. The Labute approximate surface area is 98.6 Å². The summed E-state index contributed by atoms with van der Waals surface area (Å²) >= 11 is 0. The Kier molecular flexibility index (Phi) is 5.50. The molecule has 0 aromatic rings. The van der Waals surface area contributed by atoms with E-state index in [2.05, 4.69) is 0 Å². The van der Waals surface area contributed by atoms with Crippen molar-refractivity contribution >= 4 is 23.5 Å². The van der Waals surface area contributed by atoms with Crippen LogP contribution in [-0.2, 0) is 19.2 Å². The lowest BCUT2D eigenvalue weighted by molar-refractivity contribution is -0.143. The van der Waals surface area contributed by atoms with Crippen molar-refractivity contribution in [3.05, 3.63) is 0 Å². The summed E-state index contributed by atoms with van der Waals surface area (Å²) in [5, 5.41) is 17.2. The van der Waals surface area contributed by atoms with Crippen molar-refractivity contribution in [2.75, 3.05) is 0 Å². The third-order valence-electron chi connectivity index (χ3n) is 2.88. The Morgan fingerprint density at radius 2 is 1.12 bits per heavy atom. The molecule has 0 rings (SSSR count). The second-order valence-corrected chi connectivity index (χ2v) is 3.98. The SMILES string of the molecule is CC(=O)C(CCC(=O)O)(CCC(=O)O)C(C)=O. The Morgan fingerprint density at radius 3 is 1.29 bits per heavy atom. The van der Waals surface area contributed by atoms with E-state index in [1.54, 1.807) is 0 Å². The van der Waals surface area contributed by atoms with E-state index in [9.17, 15) is 19.2 Å². The lowest BCUT2D eigenvalue weighted by Gasteiger charge is -2.27. The maximum Gasteiger partial charge on any atom is 0.303 e. The van der Waals surface area contributed by atoms with E-state index in [1.807, 2.05) is 0 Å². The highest BCUT2D eigenvalue weighted by Crippen LogP contribution is 2.32. The quantitative estimate of drug-likeness (QED) is 0.613. The van der Waals surface area contributed by atoms with E-state index < -0.39 is 28.9 Å². The van der Waals surface area contributed by atoms with Crippen LogP contribution in [0.5, 0.6) is 0 Å². The van der Waals surface area contributed by atoms with Gasteiger partial charge in [0, 0.05) is 12.8 Å². The van der Waals surface area contributed by atoms with Crippen molar-refractivity contribution in [2.45, 2.75) is 39.5 Å². The molecular formula is C11H16O6. The monoisotopic (exact) mass is 244 g/mol. The molecule has 0 spiro atoms. The van der Waals surface area contributed by atoms with Gasteiger partial charge in [-0.25, -0.2) is 0 Å². The Hall–Kier alpha value is -1.72. The van der Waals surface area contributed by atoms with Crippen LogP contribution in [0.2, 0.25) is 0 Å². The van der Waals surface area contributed by atoms with Crippen LogP contribution < -0.4 is 0 Å². The number of carboxylic acid groups (broad SMARTS) is 2. The fourth-order valence-electron chi connectivity index (χ4n) is 1.72. The van der Waals surface area contributed by atoms with Gasteiger partial charge in [-0.1, -0.05) is 0 Å². The van der Waals surface area contributed by atoms with Gasteiger partial charge in [-0.2, -0.15) is 0 Å². The Bertz CT molecular complexity index is 310. The molecule has 0 aromatic heterocycles. The van der Waals surface area contributed by atoms with Gasteiger partial charge >= 0.3 is 11.9 Å². The van der Waals surface area contributed by atoms with Crippen molar-refractivity contribution in [1.29, 1.82) is 0 Å². The van der Waals surface area contributed by atoms with E-state index in [4.69, 9.17) is 10.2 Å². The first-order valence-corrected chi connectivity index (χ1v) is 5.18. The molecule has 0 unspecified atom stereocenters. The van der Waals surface area contributed by atoms with Gasteiger partial charge < -0.3 is 10.2 Å². The topological polar surface area (TPSA) is 109 Å². The highest BCUT2D eigenvalue weighted by atomic mass is 16.4. The molecular weight excluding hydrogens is 228 g/mol. The maximum absolute atomic E-state index is 11.5. The number of carboxylic acids is 2. The van der Waals surface area contributed by atoms with Crippen molar-refractivity contribution in [3.8, 4) is 0 Å². The number of carbonyl (C=O) groups is 4. The van der Waals surface area contributed by atoms with Crippen LogP contribution in [0.1, 0.15) is 39.5 Å². The summed E-state index contributed by atoms with van der Waals surface area (Å²) in [6, 6.07) is 0. The van der Waals surface area contributed by atoms with Gasteiger partial charge in [0.15, 0.2) is 0 Å². The Balaban J connectivity index is 4.99. The molecule has 6 nitrogen and oxygen atoms in total. The predicted molar refractivity (Wildman–Crippen MR) is 57.5 cm³/mol. The minimum Gasteiger partial charge on any atom is -0.481 e. The summed E-state index contributed by atoms with van der Waals surface area (Å²) in [6.07, 6.45) is -0.974. The van der Waals surface area contributed by atoms with Crippen LogP contribution in [0.4, 0.5) is 0 Å². The van der Waals surface area contributed by atoms with Gasteiger partial charge in [-0.3, -0.25) is 19.2 Å². The second-order valence-electron chi connectivity index (χ2n) is 3.98. The van der Waals surface area contributed by atoms with Crippen LogP contribution >= 0.6 is 0 Å². The van der Waals surface area contributed by atoms with Crippen LogP contribution in [0, 0.1) is 5.41 Å². The van der Waals surface area contributed by atoms with Crippen molar-refractivity contribution in [1.82, 2.24) is 0 Å². The normalized spacial score (nSPS) is 10.9. The molecule has 0 radical (unpaired) electrons. The van der Waals surface area contributed by atoms with Crippen LogP contribution in [0.15, 0.2) is 0 Å². The summed E-state index contributed by atoms with van der Waals surface area (Å²) in [4.78, 5) is 44.0. The van der Waals surface area contributed by atoms with E-state index in [-0.39, 0.29) is 25.7 Å². The second kappa shape index (κ2) is 6.12. The lowest BCUT2D eigenvalue weighted by Crippen LogP contribution is -2.37. The van der Waals surface area contributed by atoms with E-state index in [1.165, 1.54) is 13.8 Å². The first-order chi connectivity index (χ1) is 7.72. The van der Waals surface area contributed by atoms with E-state index >= 15 is 0 Å². The van der Waals surface area contributed by atoms with E-state index in [0.29, 0.717) is 0 Å². The summed E-state index contributed by atoms with van der Waals surface area (Å²) in [5.74, 6) is -3.19. The molecule has 17 heavy (non-hydrogen) atoms. The molecule has 0 aliphatic rings. The van der Waals surface area contributed by atoms with Crippen molar-refractivity contribution < 1.29 is 29.4 Å². The zero-order valence-electron chi connectivity index (χ0n) is 9.86. The van der Waals surface area contributed by atoms with Gasteiger partial charge in [-0.05, 0) is 26.7 Å². The standard InChI is InChI=1S/C11H16O6/c1-7(12)11(8(2)13,5-3-9(14)15)6-4-10(16)17/h3-6H2,1-2H3,(H,14,15)(H,16,17). The maximum atomic E-state index is 11.5. The third kappa shape index (κ3) is 4.34. The first-order valence-electron chi connectivity index (χ1n) is 5.18. The summed E-state index contributed by atoms with van der Waals surface area (Å²) < 4.78 is 0. The Morgan fingerprint density at radius 1 is 0.824 bits per heavy atom. The summed E-state index contributed by atoms with van der Waals surface area (Å²) in [7, 11) is 0. The molecule has 0 aliphatic heterocycles. The average Bonchev–Trinajstić information content (AvgIpc) is 2.16. The minimum atomic E-state index is -1.48. The van der Waals surface area contributed by atoms with Crippen LogP contribution in [-0.4, -0.2) is 33.7 Å². The predicted octanol–water partition coefficient (Wildman–Crippen LogP) is 0.880. The van der Waals surface area contributed by atoms with Crippen LogP contribution in [0.25, 0.3) is 0 Å². The third-order valence-corrected chi connectivity index (χ3v) is 2.88. The molecule has 0 fully saturated rings. The van der Waals surface area contributed by atoms with Gasteiger partial charge in [0.25, 0.3) is 0 Å². The van der Waals surface area contributed by atoms with Crippen LogP contribution in [0.3, 0.4) is 0 Å². The van der Waals surface area contributed by atoms with Gasteiger partial charge in [0.2, 0.25) is 0 Å². The molecule has 0 aromatic carbocycles. The zero-order chi connectivity index (χ0) is 13.6. The highest BCUT2D eigenvalue weighted by Gasteiger charge is 2.40. The number of ketones is 2. The highest BCUT2D eigenvalue weighted by molar-refractivity contribution is 6.05. The molecule has 0 heterocycles. The van der Waals surface area contributed by atoms with Gasteiger partial charge in [0.05, 0.1) is 5.41 Å². The molecule has 0 bridgehead atoms. The first kappa shape index (κ1) is 15.3. The largest absolute Gasteiger partial charge is 0.481 e. The molecule has 0 atom stereocenters. The summed E-state index contributed by atoms with van der Waals surface area (Å²) in [5.41, 5.74) is -1.48. The fourth-order valence-corrected chi connectivity index (χ4v) is 1.72. The van der Waals surface area contributed by atoms with Gasteiger partial charge in [0.1, 0.15) is 11.6 Å². The molecule has 0 saturated heterocycles. The smallest absolute Gasteiger partial charge is 0.303 e.